The standard InChI is InChI=1S/C22H21ClN6O3S/c23-17-8-4-6-15(12-17)13-29-21-19(26-27-29)22(30)25-20(24-21)16-7-5-11-28(14-16)33(31,32)18-9-2-1-3-10-18/h1-4,6,8-10,12,16H,5,7,11,13-14H2,(H,24,25,30)/t16-/m0/s1. The number of benzene rings is 2. The van der Waals surface area contributed by atoms with Crippen LogP contribution in [0.3, 0.4) is 0 Å². The number of aromatic amines is 1. The number of aromatic nitrogens is 5. The summed E-state index contributed by atoms with van der Waals surface area (Å²) in [6.07, 6.45) is 1.38. The third-order valence-electron chi connectivity index (χ3n) is 5.77. The first-order valence-corrected chi connectivity index (χ1v) is 12.4. The minimum Gasteiger partial charge on any atom is -0.308 e. The smallest absolute Gasteiger partial charge is 0.281 e. The van der Waals surface area contributed by atoms with E-state index >= 15 is 0 Å². The summed E-state index contributed by atoms with van der Waals surface area (Å²) in [5.41, 5.74) is 1.01. The Balaban J connectivity index is 1.46. The van der Waals surface area contributed by atoms with Gasteiger partial charge in [-0.25, -0.2) is 18.1 Å². The number of nitrogens with one attached hydrogen (secondary N) is 1. The number of fused-ring (bicyclic) bond motifs is 1. The first kappa shape index (κ1) is 21.7. The van der Waals surface area contributed by atoms with Crippen LogP contribution < -0.4 is 5.56 Å². The molecule has 4 aromatic rings. The molecule has 33 heavy (non-hydrogen) atoms. The molecular formula is C22H21ClN6O3S. The third kappa shape index (κ3) is 4.29. The van der Waals surface area contributed by atoms with Gasteiger partial charge in [-0.15, -0.1) is 5.10 Å². The van der Waals surface area contributed by atoms with Gasteiger partial charge >= 0.3 is 0 Å². The van der Waals surface area contributed by atoms with Crippen molar-refractivity contribution in [3.05, 3.63) is 81.4 Å². The summed E-state index contributed by atoms with van der Waals surface area (Å²) in [5.74, 6) is 0.193. The van der Waals surface area contributed by atoms with Crippen LogP contribution in [-0.4, -0.2) is 50.8 Å². The van der Waals surface area contributed by atoms with Gasteiger partial charge in [-0.1, -0.05) is 47.1 Å². The maximum absolute atomic E-state index is 13.1. The number of rotatable bonds is 5. The van der Waals surface area contributed by atoms with Crippen LogP contribution in [0, 0.1) is 0 Å². The zero-order valence-electron chi connectivity index (χ0n) is 17.6. The molecule has 0 spiro atoms. The fourth-order valence-electron chi connectivity index (χ4n) is 4.12. The maximum Gasteiger partial charge on any atom is 0.281 e. The lowest BCUT2D eigenvalue weighted by atomic mass is 9.99. The average molecular weight is 485 g/mol. The molecule has 0 saturated carbocycles. The summed E-state index contributed by atoms with van der Waals surface area (Å²) in [4.78, 5) is 20.4. The Hall–Kier alpha value is -3.08. The first-order valence-electron chi connectivity index (χ1n) is 10.5. The molecule has 1 atom stereocenters. The second-order valence-corrected chi connectivity index (χ2v) is 10.4. The SMILES string of the molecule is O=c1[nH]c([C@H]2CCCN(S(=O)(=O)c3ccccc3)C2)nc2c1nnn2Cc1cccc(Cl)c1. The van der Waals surface area contributed by atoms with Gasteiger partial charge in [-0.05, 0) is 42.7 Å². The Morgan fingerprint density at radius 1 is 1.12 bits per heavy atom. The van der Waals surface area contributed by atoms with Crippen molar-refractivity contribution in [1.82, 2.24) is 29.3 Å². The molecule has 1 saturated heterocycles. The highest BCUT2D eigenvalue weighted by Crippen LogP contribution is 2.28. The van der Waals surface area contributed by atoms with Crippen LogP contribution in [0.5, 0.6) is 0 Å². The van der Waals surface area contributed by atoms with E-state index < -0.39 is 15.6 Å². The molecule has 0 amide bonds. The average Bonchev–Trinajstić information content (AvgIpc) is 3.23. The number of H-pyrrole nitrogens is 1. The number of halogens is 1. The van der Waals surface area contributed by atoms with Crippen LogP contribution in [0.2, 0.25) is 5.02 Å². The molecule has 0 unspecified atom stereocenters. The molecule has 2 aromatic heterocycles. The van der Waals surface area contributed by atoms with E-state index in [0.717, 1.165) is 5.56 Å². The largest absolute Gasteiger partial charge is 0.308 e. The molecule has 3 heterocycles. The van der Waals surface area contributed by atoms with E-state index in [1.807, 2.05) is 18.2 Å². The van der Waals surface area contributed by atoms with E-state index in [4.69, 9.17) is 11.6 Å². The summed E-state index contributed by atoms with van der Waals surface area (Å²) < 4.78 is 29.2. The highest BCUT2D eigenvalue weighted by molar-refractivity contribution is 7.89. The van der Waals surface area contributed by atoms with Crippen molar-refractivity contribution >= 4 is 32.8 Å². The van der Waals surface area contributed by atoms with Crippen LogP contribution >= 0.6 is 11.6 Å². The zero-order valence-corrected chi connectivity index (χ0v) is 19.1. The quantitative estimate of drug-likeness (QED) is 0.466. The number of nitrogens with zero attached hydrogens (tertiary/aromatic N) is 5. The molecule has 11 heteroatoms. The van der Waals surface area contributed by atoms with Gasteiger partial charge in [-0.3, -0.25) is 4.79 Å². The number of hydrogen-bond donors (Lipinski definition) is 1. The van der Waals surface area contributed by atoms with Crippen molar-refractivity contribution in [2.75, 3.05) is 13.1 Å². The maximum atomic E-state index is 13.1. The van der Waals surface area contributed by atoms with Crippen molar-refractivity contribution in [2.24, 2.45) is 0 Å². The van der Waals surface area contributed by atoms with E-state index in [-0.39, 0.29) is 22.9 Å². The minimum atomic E-state index is -3.63. The number of hydrogen-bond acceptors (Lipinski definition) is 6. The van der Waals surface area contributed by atoms with Crippen LogP contribution in [0.15, 0.2) is 64.3 Å². The monoisotopic (exact) mass is 484 g/mol. The van der Waals surface area contributed by atoms with Gasteiger partial charge in [0.25, 0.3) is 5.56 Å². The van der Waals surface area contributed by atoms with E-state index in [1.54, 1.807) is 41.1 Å². The fourth-order valence-corrected chi connectivity index (χ4v) is 5.87. The Morgan fingerprint density at radius 2 is 1.94 bits per heavy atom. The summed E-state index contributed by atoms with van der Waals surface area (Å²) in [6, 6.07) is 15.7. The highest BCUT2D eigenvalue weighted by Gasteiger charge is 2.32. The summed E-state index contributed by atoms with van der Waals surface area (Å²) in [7, 11) is -3.63. The molecule has 2 aromatic carbocycles. The van der Waals surface area contributed by atoms with Gasteiger partial charge in [0.1, 0.15) is 5.82 Å². The number of piperidine rings is 1. The summed E-state index contributed by atoms with van der Waals surface area (Å²) >= 11 is 6.08. The fraction of sp³-hybridized carbons (Fsp3) is 0.273. The van der Waals surface area contributed by atoms with Gasteiger partial charge in [-0.2, -0.15) is 4.31 Å². The molecule has 1 aliphatic heterocycles. The summed E-state index contributed by atoms with van der Waals surface area (Å²) in [5, 5.41) is 8.68. The second-order valence-electron chi connectivity index (χ2n) is 8.02. The van der Waals surface area contributed by atoms with Crippen LogP contribution in [0.1, 0.15) is 30.1 Å². The van der Waals surface area contributed by atoms with Crippen LogP contribution in [-0.2, 0) is 16.6 Å². The Bertz CT molecular complexity index is 1470. The highest BCUT2D eigenvalue weighted by atomic mass is 35.5. The molecule has 0 radical (unpaired) electrons. The molecule has 5 rings (SSSR count). The van der Waals surface area contributed by atoms with E-state index in [2.05, 4.69) is 20.3 Å². The first-order chi connectivity index (χ1) is 15.9. The third-order valence-corrected chi connectivity index (χ3v) is 7.88. The van der Waals surface area contributed by atoms with Crippen LogP contribution in [0.25, 0.3) is 11.2 Å². The van der Waals surface area contributed by atoms with Gasteiger partial charge in [0.15, 0.2) is 11.2 Å². The van der Waals surface area contributed by atoms with Gasteiger partial charge in [0.05, 0.1) is 11.4 Å². The Labute approximate surface area is 195 Å². The van der Waals surface area contributed by atoms with E-state index in [9.17, 15) is 13.2 Å². The van der Waals surface area contributed by atoms with Crippen LogP contribution in [0.4, 0.5) is 0 Å². The van der Waals surface area contributed by atoms with Crippen molar-refractivity contribution in [1.29, 1.82) is 0 Å². The van der Waals surface area contributed by atoms with E-state index in [1.165, 1.54) is 4.31 Å². The lowest BCUT2D eigenvalue weighted by molar-refractivity contribution is 0.309. The van der Waals surface area contributed by atoms with Crippen molar-refractivity contribution < 1.29 is 8.42 Å². The number of sulfonamides is 1. The van der Waals surface area contributed by atoms with Gasteiger partial charge in [0, 0.05) is 24.0 Å². The van der Waals surface area contributed by atoms with Crippen molar-refractivity contribution in [3.63, 3.8) is 0 Å². The Morgan fingerprint density at radius 3 is 2.73 bits per heavy atom. The molecule has 0 bridgehead atoms. The molecule has 9 nitrogen and oxygen atoms in total. The molecule has 1 N–H and O–H groups in total. The normalized spacial score (nSPS) is 17.4. The van der Waals surface area contributed by atoms with E-state index in [0.29, 0.717) is 42.4 Å². The summed E-state index contributed by atoms with van der Waals surface area (Å²) in [6.45, 7) is 1.02. The van der Waals surface area contributed by atoms with Crippen molar-refractivity contribution in [3.8, 4) is 0 Å². The topological polar surface area (TPSA) is 114 Å². The molecular weight excluding hydrogens is 464 g/mol. The molecule has 1 fully saturated rings. The molecule has 170 valence electrons. The predicted octanol–water partition coefficient (Wildman–Crippen LogP) is 2.78. The van der Waals surface area contributed by atoms with Gasteiger partial charge in [0.2, 0.25) is 10.0 Å². The van der Waals surface area contributed by atoms with Crippen molar-refractivity contribution in [2.45, 2.75) is 30.2 Å². The van der Waals surface area contributed by atoms with Gasteiger partial charge < -0.3 is 4.98 Å². The Kier molecular flexibility index (Phi) is 5.73. The predicted molar refractivity (Wildman–Crippen MR) is 124 cm³/mol. The zero-order chi connectivity index (χ0) is 23.0. The lowest BCUT2D eigenvalue weighted by Crippen LogP contribution is -2.39. The minimum absolute atomic E-state index is 0.144. The molecule has 1 aliphatic rings. The molecule has 0 aliphatic carbocycles. The second kappa shape index (κ2) is 8.69. The lowest BCUT2D eigenvalue weighted by Gasteiger charge is -2.31.